The van der Waals surface area contributed by atoms with Crippen LogP contribution >= 0.6 is 0 Å². The van der Waals surface area contributed by atoms with Crippen LogP contribution in [0.25, 0.3) is 0 Å². The van der Waals surface area contributed by atoms with Crippen LogP contribution in [-0.2, 0) is 20.9 Å². The second-order valence-corrected chi connectivity index (χ2v) is 7.48. The van der Waals surface area contributed by atoms with Gasteiger partial charge in [0.15, 0.2) is 0 Å². The molecule has 146 valence electrons. The molecule has 3 N–H and O–H groups in total. The quantitative estimate of drug-likeness (QED) is 0.640. The van der Waals surface area contributed by atoms with Crippen molar-refractivity contribution < 1.29 is 19.1 Å². The van der Waals surface area contributed by atoms with Gasteiger partial charge in [-0.05, 0) is 57.2 Å². The van der Waals surface area contributed by atoms with Crippen molar-refractivity contribution in [1.82, 2.24) is 10.6 Å². The van der Waals surface area contributed by atoms with Crippen molar-refractivity contribution in [3.63, 3.8) is 0 Å². The third kappa shape index (κ3) is 8.40. The summed E-state index contributed by atoms with van der Waals surface area (Å²) in [5, 5.41) is 7.95. The van der Waals surface area contributed by atoms with E-state index in [4.69, 9.17) is 4.74 Å². The van der Waals surface area contributed by atoms with Crippen LogP contribution in [0.3, 0.4) is 0 Å². The number of allylic oxidation sites excluding steroid dienone is 1. The lowest BCUT2D eigenvalue weighted by molar-refractivity contribution is -0.116. The zero-order valence-corrected chi connectivity index (χ0v) is 16.0. The molecule has 3 amide bonds. The largest absolute Gasteiger partial charge is 0.444 e. The van der Waals surface area contributed by atoms with Crippen molar-refractivity contribution in [1.29, 1.82) is 0 Å². The summed E-state index contributed by atoms with van der Waals surface area (Å²) in [4.78, 5) is 35.5. The average Bonchev–Trinajstić information content (AvgIpc) is 3.40. The lowest BCUT2D eigenvalue weighted by Crippen LogP contribution is -2.37. The first-order chi connectivity index (χ1) is 12.7. The lowest BCUT2D eigenvalue weighted by Gasteiger charge is -2.19. The van der Waals surface area contributed by atoms with Crippen molar-refractivity contribution in [2.24, 2.45) is 5.92 Å². The molecular weight excluding hydrogens is 346 g/mol. The van der Waals surface area contributed by atoms with E-state index in [1.165, 1.54) is 0 Å². The van der Waals surface area contributed by atoms with Gasteiger partial charge in [-0.15, -0.1) is 0 Å². The highest BCUT2D eigenvalue weighted by Crippen LogP contribution is 2.29. The molecule has 2 rings (SSSR count). The number of carbonyl (C=O) groups excluding carboxylic acids is 3. The van der Waals surface area contributed by atoms with E-state index in [-0.39, 0.29) is 18.4 Å². The minimum atomic E-state index is -0.652. The van der Waals surface area contributed by atoms with Crippen molar-refractivity contribution in [3.8, 4) is 0 Å². The molecule has 27 heavy (non-hydrogen) atoms. The van der Waals surface area contributed by atoms with Crippen molar-refractivity contribution >= 4 is 23.6 Å². The SMILES string of the molecule is CC(C)(C)OC(=O)NCC(=O)Nc1ccccc1CNC(=O)/C=C/C1CC1. The third-order valence-electron chi connectivity index (χ3n) is 3.68. The summed E-state index contributed by atoms with van der Waals surface area (Å²) >= 11 is 0. The van der Waals surface area contributed by atoms with Gasteiger partial charge in [0, 0.05) is 12.2 Å². The zero-order chi connectivity index (χ0) is 19.9. The Kier molecular flexibility index (Phi) is 6.98. The molecule has 0 atom stereocenters. The molecule has 0 heterocycles. The molecule has 0 unspecified atom stereocenters. The zero-order valence-electron chi connectivity index (χ0n) is 16.0. The van der Waals surface area contributed by atoms with Gasteiger partial charge in [-0.1, -0.05) is 24.3 Å². The molecule has 0 bridgehead atoms. The number of hydrogen-bond acceptors (Lipinski definition) is 4. The van der Waals surface area contributed by atoms with Crippen LogP contribution in [0.5, 0.6) is 0 Å². The number of benzene rings is 1. The first kappa shape index (κ1) is 20.5. The predicted octanol–water partition coefficient (Wildman–Crippen LogP) is 2.73. The number of hydrogen-bond donors (Lipinski definition) is 3. The molecule has 0 radical (unpaired) electrons. The Bertz CT molecular complexity index is 718. The van der Waals surface area contributed by atoms with Gasteiger partial charge in [-0.2, -0.15) is 0 Å². The van der Waals surface area contributed by atoms with Gasteiger partial charge >= 0.3 is 6.09 Å². The monoisotopic (exact) mass is 373 g/mol. The fourth-order valence-corrected chi connectivity index (χ4v) is 2.21. The molecule has 1 aliphatic carbocycles. The van der Waals surface area contributed by atoms with E-state index in [1.807, 2.05) is 18.2 Å². The van der Waals surface area contributed by atoms with Crippen LogP contribution in [0, 0.1) is 5.92 Å². The van der Waals surface area contributed by atoms with Gasteiger partial charge in [0.1, 0.15) is 12.1 Å². The maximum Gasteiger partial charge on any atom is 0.408 e. The number of amides is 3. The summed E-state index contributed by atoms with van der Waals surface area (Å²) in [6, 6.07) is 7.18. The second kappa shape index (κ2) is 9.21. The van der Waals surface area contributed by atoms with Gasteiger partial charge in [0.2, 0.25) is 11.8 Å². The van der Waals surface area contributed by atoms with Gasteiger partial charge in [0.25, 0.3) is 0 Å². The first-order valence-corrected chi connectivity index (χ1v) is 9.03. The van der Waals surface area contributed by atoms with E-state index in [1.54, 1.807) is 39.0 Å². The fourth-order valence-electron chi connectivity index (χ4n) is 2.21. The summed E-state index contributed by atoms with van der Waals surface area (Å²) in [6.45, 7) is 5.33. The maximum atomic E-state index is 12.1. The van der Waals surface area contributed by atoms with Gasteiger partial charge in [-0.25, -0.2) is 4.79 Å². The van der Waals surface area contributed by atoms with Crippen LogP contribution in [0.1, 0.15) is 39.2 Å². The van der Waals surface area contributed by atoms with E-state index in [0.29, 0.717) is 18.2 Å². The maximum absolute atomic E-state index is 12.1. The van der Waals surface area contributed by atoms with Crippen molar-refractivity contribution in [2.45, 2.75) is 45.8 Å². The normalized spacial score (nSPS) is 13.9. The van der Waals surface area contributed by atoms with Crippen LogP contribution in [0.4, 0.5) is 10.5 Å². The molecular formula is C20H27N3O4. The van der Waals surface area contributed by atoms with E-state index < -0.39 is 11.7 Å². The smallest absolute Gasteiger partial charge is 0.408 e. The summed E-state index contributed by atoms with van der Waals surface area (Å²) in [5.41, 5.74) is 0.732. The molecule has 1 aromatic rings. The fraction of sp³-hybridized carbons (Fsp3) is 0.450. The molecule has 1 saturated carbocycles. The Morgan fingerprint density at radius 3 is 2.52 bits per heavy atom. The molecule has 1 aromatic carbocycles. The summed E-state index contributed by atoms with van der Waals surface area (Å²) in [5.74, 6) is 0.00249. The topological polar surface area (TPSA) is 96.5 Å². The molecule has 1 aliphatic rings. The van der Waals surface area contributed by atoms with E-state index >= 15 is 0 Å². The lowest BCUT2D eigenvalue weighted by atomic mass is 10.1. The number of alkyl carbamates (subject to hydrolysis) is 1. The minimum absolute atomic E-state index is 0.158. The number of anilines is 1. The molecule has 0 spiro atoms. The highest BCUT2D eigenvalue weighted by Gasteiger charge is 2.18. The van der Waals surface area contributed by atoms with Crippen LogP contribution in [0.2, 0.25) is 0 Å². The van der Waals surface area contributed by atoms with Crippen molar-refractivity contribution in [3.05, 3.63) is 42.0 Å². The first-order valence-electron chi connectivity index (χ1n) is 9.03. The number of ether oxygens (including phenoxy) is 1. The average molecular weight is 373 g/mol. The number of rotatable bonds is 7. The van der Waals surface area contributed by atoms with E-state index in [0.717, 1.165) is 18.4 Å². The van der Waals surface area contributed by atoms with E-state index in [9.17, 15) is 14.4 Å². The van der Waals surface area contributed by atoms with Crippen molar-refractivity contribution in [2.75, 3.05) is 11.9 Å². The molecule has 0 saturated heterocycles. The van der Waals surface area contributed by atoms with Gasteiger partial charge < -0.3 is 20.7 Å². The summed E-state index contributed by atoms with van der Waals surface area (Å²) < 4.78 is 5.09. The highest BCUT2D eigenvalue weighted by atomic mass is 16.6. The molecule has 0 aromatic heterocycles. The Morgan fingerprint density at radius 2 is 1.85 bits per heavy atom. The Balaban J connectivity index is 1.82. The predicted molar refractivity (Wildman–Crippen MR) is 103 cm³/mol. The molecule has 1 fully saturated rings. The Hall–Kier alpha value is -2.83. The molecule has 7 heteroatoms. The standard InChI is InChI=1S/C20H27N3O4/c1-20(2,3)27-19(26)22-13-18(25)23-16-7-5-4-6-15(16)12-21-17(24)11-10-14-8-9-14/h4-7,10-11,14H,8-9,12-13H2,1-3H3,(H,21,24)(H,22,26)(H,23,25)/b11-10+. The van der Waals surface area contributed by atoms with Gasteiger partial charge in [-0.3, -0.25) is 9.59 Å². The highest BCUT2D eigenvalue weighted by molar-refractivity contribution is 5.94. The number of para-hydroxylation sites is 1. The molecule has 0 aliphatic heterocycles. The summed E-state index contributed by atoms with van der Waals surface area (Å²) in [7, 11) is 0. The summed E-state index contributed by atoms with van der Waals surface area (Å²) in [6.07, 6.45) is 5.13. The van der Waals surface area contributed by atoms with Crippen LogP contribution in [-0.4, -0.2) is 30.1 Å². The number of nitrogens with one attached hydrogen (secondary N) is 3. The van der Waals surface area contributed by atoms with Crippen LogP contribution in [0.15, 0.2) is 36.4 Å². The van der Waals surface area contributed by atoms with E-state index in [2.05, 4.69) is 16.0 Å². The third-order valence-corrected chi connectivity index (χ3v) is 3.68. The van der Waals surface area contributed by atoms with Gasteiger partial charge in [0.05, 0.1) is 0 Å². The Labute approximate surface area is 159 Å². The minimum Gasteiger partial charge on any atom is -0.444 e. The Morgan fingerprint density at radius 1 is 1.15 bits per heavy atom. The second-order valence-electron chi connectivity index (χ2n) is 7.48. The van der Waals surface area contributed by atoms with Crippen LogP contribution < -0.4 is 16.0 Å². The number of carbonyl (C=O) groups is 3. The molecule has 7 nitrogen and oxygen atoms in total.